The highest BCUT2D eigenvalue weighted by Gasteiger charge is 2.23. The van der Waals surface area contributed by atoms with Gasteiger partial charge in [-0.05, 0) is 18.6 Å². The average molecular weight is 266 g/mol. The first-order valence-electron chi connectivity index (χ1n) is 6.56. The molecular formula is C16H14N2O2. The van der Waals surface area contributed by atoms with Gasteiger partial charge in [0.05, 0.1) is 6.42 Å². The van der Waals surface area contributed by atoms with Crippen molar-refractivity contribution in [3.05, 3.63) is 54.0 Å². The lowest BCUT2D eigenvalue weighted by Gasteiger charge is -1.95. The van der Waals surface area contributed by atoms with E-state index in [4.69, 9.17) is 4.42 Å². The summed E-state index contributed by atoms with van der Waals surface area (Å²) in [6.07, 6.45) is 11.2. The maximum atomic E-state index is 11.5. The van der Waals surface area contributed by atoms with Crippen molar-refractivity contribution in [3.8, 4) is 0 Å². The third-order valence-corrected chi connectivity index (χ3v) is 3.55. The maximum absolute atomic E-state index is 11.5. The number of oxazole rings is 1. The van der Waals surface area contributed by atoms with E-state index in [2.05, 4.69) is 16.4 Å². The van der Waals surface area contributed by atoms with Crippen LogP contribution in [-0.2, 0) is 11.2 Å². The highest BCUT2D eigenvalue weighted by atomic mass is 16.3. The van der Waals surface area contributed by atoms with Crippen LogP contribution in [0.5, 0.6) is 0 Å². The number of hydrogen-bond donors (Lipinski definition) is 1. The molecule has 0 unspecified atom stereocenters. The van der Waals surface area contributed by atoms with Gasteiger partial charge in [-0.1, -0.05) is 30.4 Å². The number of amides is 1. The number of anilines is 1. The van der Waals surface area contributed by atoms with E-state index in [9.17, 15) is 4.79 Å². The summed E-state index contributed by atoms with van der Waals surface area (Å²) in [6, 6.07) is 3.73. The SMILES string of the molecule is O=C1Cc2c(ccc3oc(C4=CC=CC=CC4)nc23)N1.[HH]. The summed E-state index contributed by atoms with van der Waals surface area (Å²) in [4.78, 5) is 16.1. The lowest BCUT2D eigenvalue weighted by atomic mass is 10.1. The van der Waals surface area contributed by atoms with E-state index in [1.807, 2.05) is 36.4 Å². The normalized spacial score (nSPS) is 17.0. The van der Waals surface area contributed by atoms with Gasteiger partial charge in [-0.25, -0.2) is 4.98 Å². The number of fused-ring (bicyclic) bond motifs is 3. The van der Waals surface area contributed by atoms with Crippen LogP contribution in [0.3, 0.4) is 0 Å². The second kappa shape index (κ2) is 4.20. The molecule has 0 fully saturated rings. The molecule has 0 saturated carbocycles. The van der Waals surface area contributed by atoms with Gasteiger partial charge in [-0.2, -0.15) is 0 Å². The predicted octanol–water partition coefficient (Wildman–Crippen LogP) is 3.47. The number of allylic oxidation sites excluding steroid dienone is 6. The van der Waals surface area contributed by atoms with Gasteiger partial charge in [0, 0.05) is 18.3 Å². The highest BCUT2D eigenvalue weighted by molar-refractivity contribution is 6.04. The number of rotatable bonds is 1. The molecule has 1 aliphatic heterocycles. The zero-order valence-electron chi connectivity index (χ0n) is 10.7. The first kappa shape index (κ1) is 11.2. The Bertz CT molecular complexity index is 815. The molecular weight excluding hydrogens is 252 g/mol. The van der Waals surface area contributed by atoms with Gasteiger partial charge in [0.25, 0.3) is 0 Å². The molecule has 1 aromatic carbocycles. The van der Waals surface area contributed by atoms with Crippen molar-refractivity contribution in [3.63, 3.8) is 0 Å². The summed E-state index contributed by atoms with van der Waals surface area (Å²) in [5.41, 5.74) is 4.33. The number of hydrogen-bond acceptors (Lipinski definition) is 3. The fourth-order valence-corrected chi connectivity index (χ4v) is 2.57. The molecule has 0 saturated heterocycles. The molecule has 0 spiro atoms. The Balaban J connectivity index is 0.00000132. The molecule has 1 N–H and O–H groups in total. The first-order chi connectivity index (χ1) is 9.81. The monoisotopic (exact) mass is 266 g/mol. The van der Waals surface area contributed by atoms with Crippen molar-refractivity contribution in [2.45, 2.75) is 12.8 Å². The highest BCUT2D eigenvalue weighted by Crippen LogP contribution is 2.33. The zero-order chi connectivity index (χ0) is 13.5. The maximum Gasteiger partial charge on any atom is 0.228 e. The van der Waals surface area contributed by atoms with E-state index in [0.717, 1.165) is 34.3 Å². The number of nitrogens with zero attached hydrogens (tertiary/aromatic N) is 1. The quantitative estimate of drug-likeness (QED) is 0.859. The van der Waals surface area contributed by atoms with Gasteiger partial charge in [0.15, 0.2) is 5.58 Å². The molecule has 0 bridgehead atoms. The fourth-order valence-electron chi connectivity index (χ4n) is 2.57. The number of carbonyl (C=O) groups excluding carboxylic acids is 1. The van der Waals surface area contributed by atoms with Crippen LogP contribution in [0.15, 0.2) is 46.9 Å². The molecule has 4 rings (SSSR count). The Kier molecular flexibility index (Phi) is 2.36. The summed E-state index contributed by atoms with van der Waals surface area (Å²) in [6.45, 7) is 0. The van der Waals surface area contributed by atoms with Gasteiger partial charge >= 0.3 is 0 Å². The Morgan fingerprint density at radius 1 is 1.25 bits per heavy atom. The van der Waals surface area contributed by atoms with Gasteiger partial charge in [0.2, 0.25) is 11.8 Å². The van der Waals surface area contributed by atoms with E-state index in [0.29, 0.717) is 12.3 Å². The van der Waals surface area contributed by atoms with E-state index < -0.39 is 0 Å². The number of carbonyl (C=O) groups is 1. The molecule has 20 heavy (non-hydrogen) atoms. The molecule has 4 heteroatoms. The third kappa shape index (κ3) is 1.69. The van der Waals surface area contributed by atoms with Crippen molar-refractivity contribution < 1.29 is 10.6 Å². The van der Waals surface area contributed by atoms with Crippen molar-refractivity contribution in [2.75, 3.05) is 5.32 Å². The van der Waals surface area contributed by atoms with Gasteiger partial charge in [-0.15, -0.1) is 0 Å². The van der Waals surface area contributed by atoms with E-state index in [1.54, 1.807) is 0 Å². The standard InChI is InChI=1S/C16H12N2O2.H2/c19-14-9-11-12(17-14)7-8-13-15(11)18-16(20-13)10-5-3-1-2-4-6-10;/h1-5,7-8H,6,9H2,(H,17,19);1H. The molecule has 1 aromatic heterocycles. The van der Waals surface area contributed by atoms with E-state index in [-0.39, 0.29) is 7.33 Å². The van der Waals surface area contributed by atoms with Crippen molar-refractivity contribution in [1.82, 2.24) is 4.98 Å². The van der Waals surface area contributed by atoms with E-state index >= 15 is 0 Å². The zero-order valence-corrected chi connectivity index (χ0v) is 10.7. The van der Waals surface area contributed by atoms with Crippen LogP contribution >= 0.6 is 0 Å². The molecule has 1 amide bonds. The van der Waals surface area contributed by atoms with Gasteiger partial charge < -0.3 is 9.73 Å². The molecule has 2 aromatic rings. The molecule has 0 atom stereocenters. The van der Waals surface area contributed by atoms with E-state index in [1.165, 1.54) is 0 Å². The fraction of sp³-hybridized carbons (Fsp3) is 0.125. The average Bonchev–Trinajstić information content (AvgIpc) is 2.92. The summed E-state index contributed by atoms with van der Waals surface area (Å²) < 4.78 is 5.84. The minimum atomic E-state index is 0. The number of benzene rings is 1. The van der Waals surface area contributed by atoms with Crippen LogP contribution in [-0.4, -0.2) is 10.9 Å². The Morgan fingerprint density at radius 2 is 2.20 bits per heavy atom. The number of aromatic nitrogens is 1. The van der Waals surface area contributed by atoms with Crippen LogP contribution in [0.2, 0.25) is 0 Å². The predicted molar refractivity (Wildman–Crippen MR) is 79.3 cm³/mol. The Hall–Kier alpha value is -2.62. The summed E-state index contributed by atoms with van der Waals surface area (Å²) >= 11 is 0. The van der Waals surface area contributed by atoms with Crippen LogP contribution in [0.4, 0.5) is 5.69 Å². The molecule has 4 nitrogen and oxygen atoms in total. The van der Waals surface area contributed by atoms with Crippen molar-refractivity contribution in [2.24, 2.45) is 0 Å². The first-order valence-corrected chi connectivity index (χ1v) is 6.56. The van der Waals surface area contributed by atoms with Crippen molar-refractivity contribution in [1.29, 1.82) is 0 Å². The Morgan fingerprint density at radius 3 is 3.15 bits per heavy atom. The van der Waals surface area contributed by atoms with Crippen LogP contribution < -0.4 is 5.32 Å². The molecule has 100 valence electrons. The smallest absolute Gasteiger partial charge is 0.228 e. The lowest BCUT2D eigenvalue weighted by molar-refractivity contribution is -0.115. The minimum Gasteiger partial charge on any atom is -0.436 e. The largest absolute Gasteiger partial charge is 0.436 e. The topological polar surface area (TPSA) is 55.1 Å². The van der Waals surface area contributed by atoms with Gasteiger partial charge in [-0.3, -0.25) is 4.79 Å². The molecule has 0 radical (unpaired) electrons. The number of nitrogens with one attached hydrogen (secondary N) is 1. The summed E-state index contributed by atoms with van der Waals surface area (Å²) in [5.74, 6) is 0.639. The van der Waals surface area contributed by atoms with Crippen molar-refractivity contribution >= 4 is 28.3 Å². The molecule has 2 aliphatic rings. The van der Waals surface area contributed by atoms with Crippen LogP contribution in [0.1, 0.15) is 19.3 Å². The minimum absolute atomic E-state index is 0. The van der Waals surface area contributed by atoms with Crippen LogP contribution in [0, 0.1) is 0 Å². The second-order valence-electron chi connectivity index (χ2n) is 4.89. The Labute approximate surface area is 117 Å². The molecule has 1 aliphatic carbocycles. The van der Waals surface area contributed by atoms with Crippen LogP contribution in [0.25, 0.3) is 16.7 Å². The second-order valence-corrected chi connectivity index (χ2v) is 4.89. The van der Waals surface area contributed by atoms with Gasteiger partial charge in [0.1, 0.15) is 5.52 Å². The summed E-state index contributed by atoms with van der Waals surface area (Å²) in [5, 5.41) is 2.83. The summed E-state index contributed by atoms with van der Waals surface area (Å²) in [7, 11) is 0. The molecule has 2 heterocycles. The lowest BCUT2D eigenvalue weighted by Crippen LogP contribution is -2.03. The third-order valence-electron chi connectivity index (χ3n) is 3.55.